The number of halogens is 2. The second-order valence-electron chi connectivity index (χ2n) is 5.68. The minimum absolute atomic E-state index is 0.189. The highest BCUT2D eigenvalue weighted by molar-refractivity contribution is 7.17. The van der Waals surface area contributed by atoms with Crippen molar-refractivity contribution in [3.8, 4) is 0 Å². The van der Waals surface area contributed by atoms with E-state index in [0.29, 0.717) is 17.1 Å². The summed E-state index contributed by atoms with van der Waals surface area (Å²) in [5.41, 5.74) is 1.26. The summed E-state index contributed by atoms with van der Waals surface area (Å²) in [6, 6.07) is 13.2. The SMILES string of the molecule is Cc1nc(NC(=O)c2cc(Cl)ccc2F)sc1C(=O)NCc1ccccc1. The molecule has 0 fully saturated rings. The van der Waals surface area contributed by atoms with Gasteiger partial charge in [-0.3, -0.25) is 14.9 Å². The lowest BCUT2D eigenvalue weighted by Crippen LogP contribution is -2.22. The Bertz CT molecular complexity index is 992. The van der Waals surface area contributed by atoms with Crippen LogP contribution in [0.4, 0.5) is 9.52 Å². The summed E-state index contributed by atoms with van der Waals surface area (Å²) in [5, 5.41) is 5.78. The fourth-order valence-electron chi connectivity index (χ4n) is 2.35. The summed E-state index contributed by atoms with van der Waals surface area (Å²) in [6.07, 6.45) is 0. The van der Waals surface area contributed by atoms with Crippen molar-refractivity contribution < 1.29 is 14.0 Å². The number of nitrogens with one attached hydrogen (secondary N) is 2. The largest absolute Gasteiger partial charge is 0.347 e. The van der Waals surface area contributed by atoms with Crippen LogP contribution in [0, 0.1) is 12.7 Å². The van der Waals surface area contributed by atoms with Crippen molar-refractivity contribution in [2.24, 2.45) is 0 Å². The van der Waals surface area contributed by atoms with Crippen LogP contribution in [0.2, 0.25) is 5.02 Å². The second-order valence-corrected chi connectivity index (χ2v) is 7.12. The molecule has 8 heteroatoms. The molecule has 0 radical (unpaired) electrons. The van der Waals surface area contributed by atoms with Gasteiger partial charge in [-0.05, 0) is 30.7 Å². The first kappa shape index (κ1) is 19.0. The third-order valence-corrected chi connectivity index (χ3v) is 5.00. The maximum absolute atomic E-state index is 13.8. The topological polar surface area (TPSA) is 71.1 Å². The van der Waals surface area contributed by atoms with Gasteiger partial charge in [0.05, 0.1) is 11.3 Å². The molecule has 2 amide bonds. The number of carbonyl (C=O) groups is 2. The van der Waals surface area contributed by atoms with Crippen molar-refractivity contribution >= 4 is 39.9 Å². The number of anilines is 1. The molecule has 0 spiro atoms. The van der Waals surface area contributed by atoms with Gasteiger partial charge in [-0.25, -0.2) is 9.37 Å². The normalized spacial score (nSPS) is 10.5. The van der Waals surface area contributed by atoms with Gasteiger partial charge in [0, 0.05) is 11.6 Å². The molecule has 2 aromatic carbocycles. The zero-order valence-corrected chi connectivity index (χ0v) is 15.8. The molecule has 5 nitrogen and oxygen atoms in total. The van der Waals surface area contributed by atoms with E-state index in [-0.39, 0.29) is 21.6 Å². The van der Waals surface area contributed by atoms with E-state index < -0.39 is 11.7 Å². The van der Waals surface area contributed by atoms with Crippen LogP contribution in [0.1, 0.15) is 31.3 Å². The minimum Gasteiger partial charge on any atom is -0.347 e. The molecule has 3 aromatic rings. The smallest absolute Gasteiger partial charge is 0.263 e. The van der Waals surface area contributed by atoms with Gasteiger partial charge in [-0.1, -0.05) is 53.3 Å². The van der Waals surface area contributed by atoms with Crippen LogP contribution < -0.4 is 10.6 Å². The van der Waals surface area contributed by atoms with Gasteiger partial charge in [-0.15, -0.1) is 0 Å². The number of benzene rings is 2. The Kier molecular flexibility index (Phi) is 5.83. The summed E-state index contributed by atoms with van der Waals surface area (Å²) in [5.74, 6) is -1.66. The Morgan fingerprint density at radius 2 is 1.89 bits per heavy atom. The highest BCUT2D eigenvalue weighted by Gasteiger charge is 2.18. The predicted octanol–water partition coefficient (Wildman–Crippen LogP) is 4.43. The first-order chi connectivity index (χ1) is 12.9. The van der Waals surface area contributed by atoms with Crippen molar-refractivity contribution in [1.29, 1.82) is 0 Å². The monoisotopic (exact) mass is 403 g/mol. The molecule has 0 aliphatic carbocycles. The molecular formula is C19H15ClFN3O2S. The summed E-state index contributed by atoms with van der Waals surface area (Å²) in [7, 11) is 0. The highest BCUT2D eigenvalue weighted by atomic mass is 35.5. The maximum Gasteiger partial charge on any atom is 0.263 e. The molecule has 0 aliphatic rings. The number of aromatic nitrogens is 1. The number of carbonyl (C=O) groups excluding carboxylic acids is 2. The second kappa shape index (κ2) is 8.28. The molecule has 138 valence electrons. The van der Waals surface area contributed by atoms with Gasteiger partial charge in [0.2, 0.25) is 0 Å². The van der Waals surface area contributed by atoms with E-state index in [2.05, 4.69) is 15.6 Å². The van der Waals surface area contributed by atoms with E-state index in [9.17, 15) is 14.0 Å². The lowest BCUT2D eigenvalue weighted by Gasteiger charge is -2.04. The van der Waals surface area contributed by atoms with E-state index in [4.69, 9.17) is 11.6 Å². The maximum atomic E-state index is 13.8. The van der Waals surface area contributed by atoms with E-state index in [1.807, 2.05) is 30.3 Å². The lowest BCUT2D eigenvalue weighted by atomic mass is 10.2. The van der Waals surface area contributed by atoms with E-state index in [1.165, 1.54) is 12.1 Å². The van der Waals surface area contributed by atoms with Crippen LogP contribution in [0.5, 0.6) is 0 Å². The number of amides is 2. The van der Waals surface area contributed by atoms with Gasteiger partial charge < -0.3 is 5.32 Å². The predicted molar refractivity (Wildman–Crippen MR) is 104 cm³/mol. The van der Waals surface area contributed by atoms with Gasteiger partial charge in [0.1, 0.15) is 10.7 Å². The first-order valence-electron chi connectivity index (χ1n) is 8.00. The molecule has 2 N–H and O–H groups in total. The molecule has 3 rings (SSSR count). The van der Waals surface area contributed by atoms with Gasteiger partial charge in [-0.2, -0.15) is 0 Å². The minimum atomic E-state index is -0.689. The fourth-order valence-corrected chi connectivity index (χ4v) is 3.40. The Morgan fingerprint density at radius 1 is 1.15 bits per heavy atom. The van der Waals surface area contributed by atoms with Crippen LogP contribution in [-0.4, -0.2) is 16.8 Å². The van der Waals surface area contributed by atoms with Crippen molar-refractivity contribution in [3.05, 3.63) is 81.1 Å². The number of aryl methyl sites for hydroxylation is 1. The molecule has 0 saturated heterocycles. The standard InChI is InChI=1S/C19H15ClFN3O2S/c1-11-16(18(26)22-10-12-5-3-2-4-6-12)27-19(23-11)24-17(25)14-9-13(20)7-8-15(14)21/h2-9H,10H2,1H3,(H,22,26)(H,23,24,25). The van der Waals surface area contributed by atoms with Crippen LogP contribution in [0.25, 0.3) is 0 Å². The fraction of sp³-hybridized carbons (Fsp3) is 0.105. The van der Waals surface area contributed by atoms with E-state index >= 15 is 0 Å². The molecule has 27 heavy (non-hydrogen) atoms. The third-order valence-electron chi connectivity index (χ3n) is 3.69. The Balaban J connectivity index is 1.69. The third kappa shape index (κ3) is 4.69. The average molecular weight is 404 g/mol. The average Bonchev–Trinajstić information content (AvgIpc) is 3.02. The number of rotatable bonds is 5. The Labute approximate surface area is 164 Å². The Hall–Kier alpha value is -2.77. The van der Waals surface area contributed by atoms with Crippen molar-refractivity contribution in [2.75, 3.05) is 5.32 Å². The zero-order valence-electron chi connectivity index (χ0n) is 14.3. The van der Waals surface area contributed by atoms with E-state index in [1.54, 1.807) is 6.92 Å². The van der Waals surface area contributed by atoms with Gasteiger partial charge in [0.25, 0.3) is 11.8 Å². The molecule has 0 aliphatic heterocycles. The summed E-state index contributed by atoms with van der Waals surface area (Å²) in [6.45, 7) is 2.05. The lowest BCUT2D eigenvalue weighted by molar-refractivity contribution is 0.0953. The molecule has 0 atom stereocenters. The summed E-state index contributed by atoms with van der Waals surface area (Å²) < 4.78 is 13.8. The molecule has 0 saturated carbocycles. The molecular weight excluding hydrogens is 389 g/mol. The van der Waals surface area contributed by atoms with Crippen molar-refractivity contribution in [1.82, 2.24) is 10.3 Å². The van der Waals surface area contributed by atoms with Crippen LogP contribution in [0.3, 0.4) is 0 Å². The van der Waals surface area contributed by atoms with Crippen LogP contribution in [0.15, 0.2) is 48.5 Å². The summed E-state index contributed by atoms with van der Waals surface area (Å²) in [4.78, 5) is 29.2. The number of nitrogens with zero attached hydrogens (tertiary/aromatic N) is 1. The molecule has 0 unspecified atom stereocenters. The van der Waals surface area contributed by atoms with E-state index in [0.717, 1.165) is 23.0 Å². The zero-order chi connectivity index (χ0) is 19.4. The molecule has 0 bridgehead atoms. The Morgan fingerprint density at radius 3 is 2.63 bits per heavy atom. The van der Waals surface area contributed by atoms with Gasteiger partial charge >= 0.3 is 0 Å². The molecule has 1 aromatic heterocycles. The van der Waals surface area contributed by atoms with Crippen molar-refractivity contribution in [3.63, 3.8) is 0 Å². The molecule has 1 heterocycles. The number of thiazole rings is 1. The van der Waals surface area contributed by atoms with Crippen LogP contribution in [-0.2, 0) is 6.54 Å². The number of hydrogen-bond donors (Lipinski definition) is 2. The van der Waals surface area contributed by atoms with Crippen LogP contribution >= 0.6 is 22.9 Å². The van der Waals surface area contributed by atoms with Gasteiger partial charge in [0.15, 0.2) is 5.13 Å². The first-order valence-corrected chi connectivity index (χ1v) is 9.19. The quantitative estimate of drug-likeness (QED) is 0.662. The highest BCUT2D eigenvalue weighted by Crippen LogP contribution is 2.24. The summed E-state index contributed by atoms with van der Waals surface area (Å²) >= 11 is 6.83. The number of hydrogen-bond acceptors (Lipinski definition) is 4. The van der Waals surface area contributed by atoms with Crippen molar-refractivity contribution in [2.45, 2.75) is 13.5 Å².